The number of hydrogen-bond acceptors (Lipinski definition) is 5. The van der Waals surface area contributed by atoms with Crippen molar-refractivity contribution in [1.82, 2.24) is 4.98 Å². The minimum Gasteiger partial charge on any atom is -0.504 e. The standard InChI is InChI=1S/C27H27NO4/c1-4-32-24-11-10-21-20(16-28-17-23(21)27(24)29)12-19-14-25(30-2)22(26(15-19)31-3)13-18-8-6-5-7-9-18/h5-11,14-17,29H,4,12-13H2,1-3H3. The van der Waals surface area contributed by atoms with Gasteiger partial charge >= 0.3 is 0 Å². The van der Waals surface area contributed by atoms with E-state index >= 15 is 0 Å². The van der Waals surface area contributed by atoms with Crippen LogP contribution in [0.2, 0.25) is 0 Å². The van der Waals surface area contributed by atoms with E-state index in [1.54, 1.807) is 26.5 Å². The number of phenolic OH excluding ortho intramolecular Hbond substituents is 1. The highest BCUT2D eigenvalue weighted by molar-refractivity contribution is 5.92. The van der Waals surface area contributed by atoms with Crippen molar-refractivity contribution >= 4 is 10.8 Å². The van der Waals surface area contributed by atoms with Crippen LogP contribution in [0.25, 0.3) is 10.8 Å². The van der Waals surface area contributed by atoms with Gasteiger partial charge in [-0.25, -0.2) is 0 Å². The molecule has 0 spiro atoms. The molecule has 4 rings (SSSR count). The van der Waals surface area contributed by atoms with Gasteiger partial charge in [0, 0.05) is 29.8 Å². The normalized spacial score (nSPS) is 10.8. The van der Waals surface area contributed by atoms with Crippen LogP contribution in [-0.2, 0) is 12.8 Å². The molecule has 0 radical (unpaired) electrons. The van der Waals surface area contributed by atoms with Gasteiger partial charge in [-0.1, -0.05) is 36.4 Å². The molecule has 0 aliphatic carbocycles. The highest BCUT2D eigenvalue weighted by atomic mass is 16.5. The van der Waals surface area contributed by atoms with Crippen LogP contribution in [0.4, 0.5) is 0 Å². The summed E-state index contributed by atoms with van der Waals surface area (Å²) in [6.07, 6.45) is 4.84. The highest BCUT2D eigenvalue weighted by Gasteiger charge is 2.16. The number of aromatic hydroxyl groups is 1. The molecule has 164 valence electrons. The molecule has 0 aliphatic rings. The van der Waals surface area contributed by atoms with Crippen LogP contribution in [0.1, 0.15) is 29.2 Å². The van der Waals surface area contributed by atoms with Crippen molar-refractivity contribution in [2.24, 2.45) is 0 Å². The Labute approximate surface area is 188 Å². The van der Waals surface area contributed by atoms with Crippen molar-refractivity contribution in [2.75, 3.05) is 20.8 Å². The Hall–Kier alpha value is -3.73. The van der Waals surface area contributed by atoms with Crippen LogP contribution >= 0.6 is 0 Å². The number of pyridine rings is 1. The fourth-order valence-corrected chi connectivity index (χ4v) is 4.02. The monoisotopic (exact) mass is 429 g/mol. The molecule has 0 bridgehead atoms. The minimum atomic E-state index is 0.118. The van der Waals surface area contributed by atoms with E-state index in [0.717, 1.165) is 40.0 Å². The molecular formula is C27H27NO4. The largest absolute Gasteiger partial charge is 0.504 e. The van der Waals surface area contributed by atoms with E-state index in [2.05, 4.69) is 17.1 Å². The molecular weight excluding hydrogens is 402 g/mol. The first kappa shape index (κ1) is 21.5. The second-order valence-electron chi connectivity index (χ2n) is 7.56. The van der Waals surface area contributed by atoms with E-state index in [1.165, 1.54) is 5.56 Å². The summed E-state index contributed by atoms with van der Waals surface area (Å²) in [5.74, 6) is 2.16. The van der Waals surface area contributed by atoms with Crippen molar-refractivity contribution in [3.63, 3.8) is 0 Å². The smallest absolute Gasteiger partial charge is 0.167 e. The molecule has 0 saturated carbocycles. The number of methoxy groups -OCH3 is 2. The van der Waals surface area contributed by atoms with Gasteiger partial charge in [-0.2, -0.15) is 0 Å². The maximum absolute atomic E-state index is 10.6. The lowest BCUT2D eigenvalue weighted by atomic mass is 9.96. The summed E-state index contributed by atoms with van der Waals surface area (Å²) < 4.78 is 17.0. The SMILES string of the molecule is CCOc1ccc2c(Cc3cc(OC)c(Cc4ccccc4)c(OC)c3)cncc2c1O. The number of aromatic nitrogens is 1. The Morgan fingerprint density at radius 1 is 0.781 bits per heavy atom. The maximum Gasteiger partial charge on any atom is 0.167 e. The lowest BCUT2D eigenvalue weighted by Crippen LogP contribution is -2.01. The van der Waals surface area contributed by atoms with Crippen molar-refractivity contribution in [3.05, 3.63) is 89.2 Å². The molecule has 32 heavy (non-hydrogen) atoms. The van der Waals surface area contributed by atoms with E-state index in [4.69, 9.17) is 14.2 Å². The van der Waals surface area contributed by atoms with Crippen molar-refractivity contribution < 1.29 is 19.3 Å². The number of ether oxygens (including phenoxy) is 3. The van der Waals surface area contributed by atoms with Crippen molar-refractivity contribution in [1.29, 1.82) is 0 Å². The summed E-state index contributed by atoms with van der Waals surface area (Å²) in [4.78, 5) is 4.35. The van der Waals surface area contributed by atoms with Gasteiger partial charge in [-0.15, -0.1) is 0 Å². The predicted octanol–water partition coefficient (Wildman–Crippen LogP) is 5.54. The average Bonchev–Trinajstić information content (AvgIpc) is 2.82. The van der Waals surface area contributed by atoms with Gasteiger partial charge in [0.15, 0.2) is 11.5 Å². The van der Waals surface area contributed by atoms with E-state index in [-0.39, 0.29) is 5.75 Å². The third-order valence-electron chi connectivity index (χ3n) is 5.55. The number of nitrogens with zero attached hydrogens (tertiary/aromatic N) is 1. The van der Waals surface area contributed by atoms with Crippen molar-refractivity contribution in [2.45, 2.75) is 19.8 Å². The first-order valence-electron chi connectivity index (χ1n) is 10.6. The van der Waals surface area contributed by atoms with Crippen LogP contribution in [0.5, 0.6) is 23.0 Å². The highest BCUT2D eigenvalue weighted by Crippen LogP contribution is 2.37. The van der Waals surface area contributed by atoms with E-state index in [9.17, 15) is 5.11 Å². The van der Waals surface area contributed by atoms with Gasteiger partial charge < -0.3 is 19.3 Å². The molecule has 1 heterocycles. The van der Waals surface area contributed by atoms with Crippen molar-refractivity contribution in [3.8, 4) is 23.0 Å². The Bertz CT molecular complexity index is 1200. The molecule has 0 amide bonds. The summed E-state index contributed by atoms with van der Waals surface area (Å²) in [6, 6.07) is 18.1. The van der Waals surface area contributed by atoms with Gasteiger partial charge in [0.25, 0.3) is 0 Å². The van der Waals surface area contributed by atoms with E-state index in [0.29, 0.717) is 24.2 Å². The lowest BCUT2D eigenvalue weighted by Gasteiger charge is -2.16. The molecule has 0 atom stereocenters. The molecule has 0 saturated heterocycles. The molecule has 3 aromatic carbocycles. The number of phenols is 1. The number of fused-ring (bicyclic) bond motifs is 1. The summed E-state index contributed by atoms with van der Waals surface area (Å²) in [7, 11) is 3.36. The number of benzene rings is 3. The van der Waals surface area contributed by atoms with Gasteiger partial charge in [0.1, 0.15) is 11.5 Å². The minimum absolute atomic E-state index is 0.118. The van der Waals surface area contributed by atoms with Gasteiger partial charge in [-0.05, 0) is 53.6 Å². The Balaban J connectivity index is 1.72. The fraction of sp³-hybridized carbons (Fsp3) is 0.222. The number of rotatable bonds is 8. The first-order chi connectivity index (χ1) is 15.6. The second-order valence-corrected chi connectivity index (χ2v) is 7.56. The van der Waals surface area contributed by atoms with Crippen LogP contribution in [-0.4, -0.2) is 30.9 Å². The van der Waals surface area contributed by atoms with Gasteiger partial charge in [-0.3, -0.25) is 4.98 Å². The zero-order valence-corrected chi connectivity index (χ0v) is 18.6. The van der Waals surface area contributed by atoms with Crippen LogP contribution < -0.4 is 14.2 Å². The van der Waals surface area contributed by atoms with Crippen LogP contribution in [0, 0.1) is 0 Å². The molecule has 4 aromatic rings. The maximum atomic E-state index is 10.6. The zero-order chi connectivity index (χ0) is 22.5. The molecule has 5 heteroatoms. The molecule has 0 aliphatic heterocycles. The average molecular weight is 430 g/mol. The molecule has 5 nitrogen and oxygen atoms in total. The van der Waals surface area contributed by atoms with Gasteiger partial charge in [0.05, 0.1) is 20.8 Å². The van der Waals surface area contributed by atoms with Crippen LogP contribution in [0.3, 0.4) is 0 Å². The topological polar surface area (TPSA) is 60.8 Å². The molecule has 1 aromatic heterocycles. The Kier molecular flexibility index (Phi) is 6.45. The van der Waals surface area contributed by atoms with Crippen LogP contribution in [0.15, 0.2) is 67.0 Å². The van der Waals surface area contributed by atoms with E-state index in [1.807, 2.05) is 49.5 Å². The zero-order valence-electron chi connectivity index (χ0n) is 18.6. The van der Waals surface area contributed by atoms with E-state index < -0.39 is 0 Å². The summed E-state index contributed by atoms with van der Waals surface area (Å²) in [6.45, 7) is 2.38. The fourth-order valence-electron chi connectivity index (χ4n) is 4.02. The third-order valence-corrected chi connectivity index (χ3v) is 5.55. The lowest BCUT2D eigenvalue weighted by molar-refractivity contribution is 0.320. The molecule has 1 N–H and O–H groups in total. The summed E-state index contributed by atoms with van der Waals surface area (Å²) in [5.41, 5.74) is 4.25. The van der Waals surface area contributed by atoms with Gasteiger partial charge in [0.2, 0.25) is 0 Å². The number of hydrogen-bond donors (Lipinski definition) is 1. The third kappa shape index (κ3) is 4.33. The Morgan fingerprint density at radius 3 is 2.16 bits per heavy atom. The Morgan fingerprint density at radius 2 is 1.50 bits per heavy atom. The molecule has 0 fully saturated rings. The predicted molar refractivity (Wildman–Crippen MR) is 126 cm³/mol. The quantitative estimate of drug-likeness (QED) is 0.399. The summed E-state index contributed by atoms with van der Waals surface area (Å²) >= 11 is 0. The molecule has 0 unspecified atom stereocenters. The second kappa shape index (κ2) is 9.60. The summed E-state index contributed by atoms with van der Waals surface area (Å²) in [5, 5.41) is 12.2. The first-order valence-corrected chi connectivity index (χ1v) is 10.6.